The maximum atomic E-state index is 5.71. The Kier molecular flexibility index (Phi) is 3.12. The molecule has 0 bridgehead atoms. The maximum absolute atomic E-state index is 5.71. The number of nitrogens with zero attached hydrogens (tertiary/aromatic N) is 2. The van der Waals surface area contributed by atoms with Gasteiger partial charge in [-0.3, -0.25) is 0 Å². The van der Waals surface area contributed by atoms with E-state index in [9.17, 15) is 0 Å². The molecule has 1 fully saturated rings. The molecule has 1 aliphatic rings. The van der Waals surface area contributed by atoms with Crippen molar-refractivity contribution in [3.8, 4) is 5.75 Å². The minimum absolute atomic E-state index is 0.374. The van der Waals surface area contributed by atoms with Crippen molar-refractivity contribution in [3.63, 3.8) is 0 Å². The summed E-state index contributed by atoms with van der Waals surface area (Å²) in [5.41, 5.74) is 5.71. The molecule has 0 spiro atoms. The molecular weight excluding hydrogens is 204 g/mol. The summed E-state index contributed by atoms with van der Waals surface area (Å²) in [6, 6.07) is 0.385. The summed E-state index contributed by atoms with van der Waals surface area (Å²) in [6.07, 6.45) is 5.33. The van der Waals surface area contributed by atoms with Crippen molar-refractivity contribution in [2.24, 2.45) is 5.92 Å². The molecule has 1 atom stereocenters. The van der Waals surface area contributed by atoms with Gasteiger partial charge in [0.05, 0.1) is 7.11 Å². The van der Waals surface area contributed by atoms with Gasteiger partial charge in [0.15, 0.2) is 11.6 Å². The third kappa shape index (κ3) is 2.53. The van der Waals surface area contributed by atoms with E-state index in [1.165, 1.54) is 25.6 Å². The highest BCUT2D eigenvalue weighted by Gasteiger charge is 2.24. The molecule has 0 saturated heterocycles. The number of rotatable bonds is 5. The standard InChI is InChI=1S/C11H18N4O/c1-7(5-8-3-4-8)15-11-9(16-2)10(12)13-6-14-11/h6-8H,3-5H2,1-2H3,(H3,12,13,14,15). The normalized spacial score (nSPS) is 16.9. The average molecular weight is 222 g/mol. The van der Waals surface area contributed by atoms with Crippen LogP contribution in [-0.2, 0) is 0 Å². The molecule has 1 saturated carbocycles. The Bertz CT molecular complexity index is 365. The molecule has 1 heterocycles. The molecule has 1 aromatic heterocycles. The van der Waals surface area contributed by atoms with Gasteiger partial charge in [0, 0.05) is 6.04 Å². The zero-order chi connectivity index (χ0) is 11.5. The third-order valence-electron chi connectivity index (χ3n) is 2.80. The largest absolute Gasteiger partial charge is 0.490 e. The van der Waals surface area contributed by atoms with Gasteiger partial charge in [0.25, 0.3) is 0 Å². The summed E-state index contributed by atoms with van der Waals surface area (Å²) in [5.74, 6) is 2.47. The summed E-state index contributed by atoms with van der Waals surface area (Å²) < 4.78 is 5.19. The average Bonchev–Trinajstić information content (AvgIpc) is 3.02. The SMILES string of the molecule is COc1c(N)ncnc1NC(C)CC1CC1. The van der Waals surface area contributed by atoms with Crippen LogP contribution in [0.2, 0.25) is 0 Å². The van der Waals surface area contributed by atoms with E-state index in [0.717, 1.165) is 5.92 Å². The van der Waals surface area contributed by atoms with Crippen LogP contribution in [0.5, 0.6) is 5.75 Å². The first-order valence-corrected chi connectivity index (χ1v) is 5.61. The van der Waals surface area contributed by atoms with E-state index in [0.29, 0.717) is 23.4 Å². The van der Waals surface area contributed by atoms with Gasteiger partial charge in [-0.05, 0) is 19.3 Å². The first kappa shape index (κ1) is 11.0. The van der Waals surface area contributed by atoms with E-state index >= 15 is 0 Å². The van der Waals surface area contributed by atoms with Crippen LogP contribution < -0.4 is 15.8 Å². The zero-order valence-corrected chi connectivity index (χ0v) is 9.73. The fourth-order valence-electron chi connectivity index (χ4n) is 1.84. The third-order valence-corrected chi connectivity index (χ3v) is 2.80. The van der Waals surface area contributed by atoms with Crippen molar-refractivity contribution < 1.29 is 4.74 Å². The first-order chi connectivity index (χ1) is 7.70. The monoisotopic (exact) mass is 222 g/mol. The highest BCUT2D eigenvalue weighted by atomic mass is 16.5. The molecule has 0 amide bonds. The number of methoxy groups -OCH3 is 1. The number of aromatic nitrogens is 2. The highest BCUT2D eigenvalue weighted by molar-refractivity contribution is 5.61. The van der Waals surface area contributed by atoms with E-state index in [1.54, 1.807) is 7.11 Å². The second-order valence-electron chi connectivity index (χ2n) is 4.37. The maximum Gasteiger partial charge on any atom is 0.203 e. The molecule has 16 heavy (non-hydrogen) atoms. The smallest absolute Gasteiger partial charge is 0.203 e. The van der Waals surface area contributed by atoms with Crippen LogP contribution >= 0.6 is 0 Å². The number of anilines is 2. The van der Waals surface area contributed by atoms with Crippen molar-refractivity contribution in [2.75, 3.05) is 18.2 Å². The van der Waals surface area contributed by atoms with E-state index in [4.69, 9.17) is 10.5 Å². The molecule has 88 valence electrons. The van der Waals surface area contributed by atoms with Crippen molar-refractivity contribution in [1.82, 2.24) is 9.97 Å². The van der Waals surface area contributed by atoms with Gasteiger partial charge in [-0.25, -0.2) is 9.97 Å². The lowest BCUT2D eigenvalue weighted by Gasteiger charge is -2.16. The van der Waals surface area contributed by atoms with E-state index in [2.05, 4.69) is 22.2 Å². The second kappa shape index (κ2) is 4.55. The van der Waals surface area contributed by atoms with Crippen LogP contribution in [0.4, 0.5) is 11.6 Å². The topological polar surface area (TPSA) is 73.1 Å². The van der Waals surface area contributed by atoms with Crippen LogP contribution in [0.1, 0.15) is 26.2 Å². The summed E-state index contributed by atoms with van der Waals surface area (Å²) in [4.78, 5) is 8.04. The fraction of sp³-hybridized carbons (Fsp3) is 0.636. The Labute approximate surface area is 95.4 Å². The molecule has 0 radical (unpaired) electrons. The van der Waals surface area contributed by atoms with E-state index < -0.39 is 0 Å². The molecule has 2 rings (SSSR count). The Morgan fingerprint density at radius 3 is 2.94 bits per heavy atom. The summed E-state index contributed by atoms with van der Waals surface area (Å²) in [5, 5.41) is 3.32. The van der Waals surface area contributed by atoms with Gasteiger partial charge in [-0.15, -0.1) is 0 Å². The van der Waals surface area contributed by atoms with Gasteiger partial charge < -0.3 is 15.8 Å². The number of ether oxygens (including phenoxy) is 1. The molecule has 0 aliphatic heterocycles. The number of hydrogen-bond acceptors (Lipinski definition) is 5. The van der Waals surface area contributed by atoms with Gasteiger partial charge in [0.1, 0.15) is 6.33 Å². The zero-order valence-electron chi connectivity index (χ0n) is 9.73. The number of nitrogen functional groups attached to an aromatic ring is 1. The lowest BCUT2D eigenvalue weighted by Crippen LogP contribution is -2.17. The van der Waals surface area contributed by atoms with Crippen LogP contribution in [0.25, 0.3) is 0 Å². The van der Waals surface area contributed by atoms with Crippen molar-refractivity contribution in [1.29, 1.82) is 0 Å². The van der Waals surface area contributed by atoms with Gasteiger partial charge in [-0.2, -0.15) is 0 Å². The van der Waals surface area contributed by atoms with Crippen molar-refractivity contribution in [2.45, 2.75) is 32.2 Å². The molecule has 1 unspecified atom stereocenters. The van der Waals surface area contributed by atoms with Crippen LogP contribution in [0.3, 0.4) is 0 Å². The molecule has 5 heteroatoms. The quantitative estimate of drug-likeness (QED) is 0.792. The van der Waals surface area contributed by atoms with Gasteiger partial charge in [0.2, 0.25) is 5.75 Å². The Morgan fingerprint density at radius 1 is 1.56 bits per heavy atom. The molecule has 1 aliphatic carbocycles. The lowest BCUT2D eigenvalue weighted by atomic mass is 10.1. The Balaban J connectivity index is 2.04. The summed E-state index contributed by atoms with van der Waals surface area (Å²) in [6.45, 7) is 2.15. The molecule has 0 aromatic carbocycles. The highest BCUT2D eigenvalue weighted by Crippen LogP contribution is 2.35. The number of nitrogens with two attached hydrogens (primary N) is 1. The first-order valence-electron chi connectivity index (χ1n) is 5.61. The Morgan fingerprint density at radius 2 is 2.31 bits per heavy atom. The van der Waals surface area contributed by atoms with Gasteiger partial charge in [-0.1, -0.05) is 12.8 Å². The molecular formula is C11H18N4O. The predicted octanol–water partition coefficient (Wildman–Crippen LogP) is 1.67. The molecule has 1 aromatic rings. The van der Waals surface area contributed by atoms with E-state index in [1.807, 2.05) is 0 Å². The van der Waals surface area contributed by atoms with Crippen LogP contribution in [0, 0.1) is 5.92 Å². The lowest BCUT2D eigenvalue weighted by molar-refractivity contribution is 0.414. The number of hydrogen-bond donors (Lipinski definition) is 2. The van der Waals surface area contributed by atoms with Crippen molar-refractivity contribution in [3.05, 3.63) is 6.33 Å². The van der Waals surface area contributed by atoms with Gasteiger partial charge >= 0.3 is 0 Å². The summed E-state index contributed by atoms with van der Waals surface area (Å²) in [7, 11) is 1.58. The minimum Gasteiger partial charge on any atom is -0.490 e. The molecule has 3 N–H and O–H groups in total. The molecule has 5 nitrogen and oxygen atoms in total. The van der Waals surface area contributed by atoms with Crippen LogP contribution in [-0.4, -0.2) is 23.1 Å². The summed E-state index contributed by atoms with van der Waals surface area (Å²) >= 11 is 0. The fourth-order valence-corrected chi connectivity index (χ4v) is 1.84. The van der Waals surface area contributed by atoms with Crippen LogP contribution in [0.15, 0.2) is 6.33 Å². The van der Waals surface area contributed by atoms with Crippen molar-refractivity contribution >= 4 is 11.6 Å². The van der Waals surface area contributed by atoms with E-state index in [-0.39, 0.29) is 0 Å². The second-order valence-corrected chi connectivity index (χ2v) is 4.37. The number of nitrogens with one attached hydrogen (secondary N) is 1. The predicted molar refractivity (Wildman–Crippen MR) is 63.4 cm³/mol. The minimum atomic E-state index is 0.374. The Hall–Kier alpha value is -1.52.